The van der Waals surface area contributed by atoms with E-state index in [1.807, 2.05) is 13.0 Å². The number of hydrogen-bond acceptors (Lipinski definition) is 2. The summed E-state index contributed by atoms with van der Waals surface area (Å²) in [4.78, 5) is 0. The van der Waals surface area contributed by atoms with Gasteiger partial charge in [-0.3, -0.25) is 0 Å². The van der Waals surface area contributed by atoms with E-state index in [0.29, 0.717) is 12.6 Å². The highest BCUT2D eigenvalue weighted by Crippen LogP contribution is 2.22. The fourth-order valence-electron chi connectivity index (χ4n) is 1.71. The first kappa shape index (κ1) is 13.6. The Labute approximate surface area is 104 Å². The molecular formula is C15H21NO. The van der Waals surface area contributed by atoms with Gasteiger partial charge in [0.15, 0.2) is 0 Å². The zero-order valence-electron chi connectivity index (χ0n) is 11.1. The molecule has 1 N–H and O–H groups in total. The summed E-state index contributed by atoms with van der Waals surface area (Å²) >= 11 is 0. The van der Waals surface area contributed by atoms with E-state index in [9.17, 15) is 0 Å². The van der Waals surface area contributed by atoms with Crippen molar-refractivity contribution in [3.05, 3.63) is 29.3 Å². The Morgan fingerprint density at radius 3 is 2.76 bits per heavy atom. The third-order valence-corrected chi connectivity index (χ3v) is 2.69. The van der Waals surface area contributed by atoms with Crippen molar-refractivity contribution in [1.82, 2.24) is 5.32 Å². The molecule has 17 heavy (non-hydrogen) atoms. The van der Waals surface area contributed by atoms with Crippen LogP contribution in [0, 0.1) is 18.8 Å². The zero-order valence-corrected chi connectivity index (χ0v) is 11.1. The Balaban J connectivity index is 2.74. The minimum Gasteiger partial charge on any atom is -0.481 e. The molecule has 92 valence electrons. The van der Waals surface area contributed by atoms with Gasteiger partial charge in [0.25, 0.3) is 0 Å². The monoisotopic (exact) mass is 231 g/mol. The summed E-state index contributed by atoms with van der Waals surface area (Å²) in [6.07, 6.45) is 0. The van der Waals surface area contributed by atoms with E-state index < -0.39 is 0 Å². The van der Waals surface area contributed by atoms with Crippen LogP contribution in [0.3, 0.4) is 0 Å². The van der Waals surface area contributed by atoms with Crippen molar-refractivity contribution in [2.45, 2.75) is 33.7 Å². The zero-order chi connectivity index (χ0) is 12.7. The summed E-state index contributed by atoms with van der Waals surface area (Å²) in [5, 5.41) is 3.40. The number of nitrogens with one attached hydrogen (secondary N) is 1. The van der Waals surface area contributed by atoms with Crippen LogP contribution < -0.4 is 10.1 Å². The van der Waals surface area contributed by atoms with Gasteiger partial charge < -0.3 is 10.1 Å². The van der Waals surface area contributed by atoms with Gasteiger partial charge in [0.2, 0.25) is 0 Å². The summed E-state index contributed by atoms with van der Waals surface area (Å²) < 4.78 is 5.58. The highest BCUT2D eigenvalue weighted by Gasteiger charge is 2.06. The highest BCUT2D eigenvalue weighted by molar-refractivity contribution is 5.37. The molecule has 0 aliphatic carbocycles. The Bertz CT molecular complexity index is 415. The van der Waals surface area contributed by atoms with Gasteiger partial charge in [0, 0.05) is 6.04 Å². The minimum atomic E-state index is 0.378. The van der Waals surface area contributed by atoms with Crippen LogP contribution in [-0.2, 0) is 0 Å². The van der Waals surface area contributed by atoms with E-state index in [-0.39, 0.29) is 0 Å². The molecule has 2 heteroatoms. The molecule has 0 aliphatic rings. The van der Waals surface area contributed by atoms with Crippen LogP contribution in [-0.4, -0.2) is 13.2 Å². The van der Waals surface area contributed by atoms with Crippen molar-refractivity contribution in [3.8, 4) is 17.6 Å². The smallest absolute Gasteiger partial charge is 0.149 e. The lowest BCUT2D eigenvalue weighted by molar-refractivity contribution is 0.367. The SMILES string of the molecule is CC#CCOc1ccc(C(C)NCC)cc1C. The van der Waals surface area contributed by atoms with E-state index in [0.717, 1.165) is 17.9 Å². The van der Waals surface area contributed by atoms with E-state index >= 15 is 0 Å². The summed E-state index contributed by atoms with van der Waals surface area (Å²) in [6.45, 7) is 9.60. The summed E-state index contributed by atoms with van der Waals surface area (Å²) in [7, 11) is 0. The molecule has 0 radical (unpaired) electrons. The van der Waals surface area contributed by atoms with E-state index in [1.165, 1.54) is 5.56 Å². The molecular weight excluding hydrogens is 210 g/mol. The van der Waals surface area contributed by atoms with Crippen LogP contribution in [0.15, 0.2) is 18.2 Å². The lowest BCUT2D eigenvalue weighted by atomic mass is 10.1. The van der Waals surface area contributed by atoms with Gasteiger partial charge in [0.05, 0.1) is 0 Å². The van der Waals surface area contributed by atoms with Gasteiger partial charge in [-0.05, 0) is 44.5 Å². The largest absolute Gasteiger partial charge is 0.481 e. The Kier molecular flexibility index (Phi) is 5.59. The number of benzene rings is 1. The molecule has 1 aromatic rings. The number of hydrogen-bond donors (Lipinski definition) is 1. The second-order valence-electron chi connectivity index (χ2n) is 4.02. The molecule has 0 aromatic heterocycles. The second kappa shape index (κ2) is 6.98. The van der Waals surface area contributed by atoms with Crippen molar-refractivity contribution >= 4 is 0 Å². The molecule has 0 spiro atoms. The van der Waals surface area contributed by atoms with Gasteiger partial charge in [-0.1, -0.05) is 25.0 Å². The predicted molar refractivity (Wildman–Crippen MR) is 72.2 cm³/mol. The Morgan fingerprint density at radius 1 is 1.41 bits per heavy atom. The van der Waals surface area contributed by atoms with Crippen molar-refractivity contribution in [2.24, 2.45) is 0 Å². The molecule has 0 saturated carbocycles. The predicted octanol–water partition coefficient (Wildman–Crippen LogP) is 3.07. The topological polar surface area (TPSA) is 21.3 Å². The normalized spacial score (nSPS) is 11.5. The average Bonchev–Trinajstić information content (AvgIpc) is 2.31. The molecule has 1 rings (SSSR count). The lowest BCUT2D eigenvalue weighted by Crippen LogP contribution is -2.17. The van der Waals surface area contributed by atoms with Crippen LogP contribution in [0.25, 0.3) is 0 Å². The highest BCUT2D eigenvalue weighted by atomic mass is 16.5. The van der Waals surface area contributed by atoms with Crippen molar-refractivity contribution < 1.29 is 4.74 Å². The fraction of sp³-hybridized carbons (Fsp3) is 0.467. The summed E-state index contributed by atoms with van der Waals surface area (Å²) in [5.41, 5.74) is 2.45. The van der Waals surface area contributed by atoms with Crippen molar-refractivity contribution in [2.75, 3.05) is 13.2 Å². The molecule has 2 nitrogen and oxygen atoms in total. The van der Waals surface area contributed by atoms with Crippen LogP contribution in [0.2, 0.25) is 0 Å². The average molecular weight is 231 g/mol. The number of aryl methyl sites for hydroxylation is 1. The van der Waals surface area contributed by atoms with E-state index in [4.69, 9.17) is 4.74 Å². The third kappa shape index (κ3) is 4.13. The molecule has 1 atom stereocenters. The Hall–Kier alpha value is -1.46. The van der Waals surface area contributed by atoms with Gasteiger partial charge in [0.1, 0.15) is 12.4 Å². The van der Waals surface area contributed by atoms with Gasteiger partial charge in [-0.25, -0.2) is 0 Å². The van der Waals surface area contributed by atoms with Gasteiger partial charge >= 0.3 is 0 Å². The molecule has 0 amide bonds. The number of ether oxygens (including phenoxy) is 1. The molecule has 1 aromatic carbocycles. The van der Waals surface area contributed by atoms with Crippen LogP contribution in [0.1, 0.15) is 37.9 Å². The van der Waals surface area contributed by atoms with Crippen LogP contribution in [0.4, 0.5) is 0 Å². The first-order valence-electron chi connectivity index (χ1n) is 6.05. The fourth-order valence-corrected chi connectivity index (χ4v) is 1.71. The maximum Gasteiger partial charge on any atom is 0.149 e. The maximum atomic E-state index is 5.58. The summed E-state index contributed by atoms with van der Waals surface area (Å²) in [6, 6.07) is 6.68. The van der Waals surface area contributed by atoms with E-state index in [1.54, 1.807) is 0 Å². The van der Waals surface area contributed by atoms with Crippen LogP contribution >= 0.6 is 0 Å². The lowest BCUT2D eigenvalue weighted by Gasteiger charge is -2.15. The van der Waals surface area contributed by atoms with Gasteiger partial charge in [-0.15, -0.1) is 5.92 Å². The quantitative estimate of drug-likeness (QED) is 0.786. The molecule has 1 unspecified atom stereocenters. The second-order valence-corrected chi connectivity index (χ2v) is 4.02. The molecule has 0 heterocycles. The van der Waals surface area contributed by atoms with Crippen molar-refractivity contribution in [3.63, 3.8) is 0 Å². The van der Waals surface area contributed by atoms with Crippen LogP contribution in [0.5, 0.6) is 5.75 Å². The third-order valence-electron chi connectivity index (χ3n) is 2.69. The Morgan fingerprint density at radius 2 is 2.18 bits per heavy atom. The minimum absolute atomic E-state index is 0.378. The first-order chi connectivity index (χ1) is 8.19. The maximum absolute atomic E-state index is 5.58. The molecule has 0 aliphatic heterocycles. The molecule has 0 fully saturated rings. The first-order valence-corrected chi connectivity index (χ1v) is 6.05. The van der Waals surface area contributed by atoms with Crippen molar-refractivity contribution in [1.29, 1.82) is 0 Å². The standard InChI is InChI=1S/C15H21NO/c1-5-7-10-17-15-9-8-14(11-12(15)3)13(4)16-6-2/h8-9,11,13,16H,6,10H2,1-4H3. The summed E-state index contributed by atoms with van der Waals surface area (Å²) in [5.74, 6) is 6.63. The van der Waals surface area contributed by atoms with Gasteiger partial charge in [-0.2, -0.15) is 0 Å². The van der Waals surface area contributed by atoms with E-state index in [2.05, 4.69) is 50.1 Å². The molecule has 0 bridgehead atoms. The molecule has 0 saturated heterocycles. The number of rotatable bonds is 5.